The molecular weight excluding hydrogens is 616 g/mol. The largest absolute Gasteiger partial charge is 0.494 e. The monoisotopic (exact) mass is 656 g/mol. The Bertz CT molecular complexity index is 1740. The van der Waals surface area contributed by atoms with Crippen LogP contribution in [0.5, 0.6) is 11.5 Å². The molecule has 3 atom stereocenters. The molecular formula is C36H40N4O8. The summed E-state index contributed by atoms with van der Waals surface area (Å²) >= 11 is 0. The molecule has 1 aromatic heterocycles. The van der Waals surface area contributed by atoms with Gasteiger partial charge in [-0.1, -0.05) is 38.1 Å². The molecule has 12 nitrogen and oxygen atoms in total. The van der Waals surface area contributed by atoms with E-state index in [1.54, 1.807) is 18.2 Å². The molecule has 3 unspecified atom stereocenters. The van der Waals surface area contributed by atoms with Crippen molar-refractivity contribution < 1.29 is 38.8 Å². The van der Waals surface area contributed by atoms with Crippen molar-refractivity contribution >= 4 is 17.5 Å². The van der Waals surface area contributed by atoms with Crippen molar-refractivity contribution in [1.29, 1.82) is 0 Å². The highest BCUT2D eigenvalue weighted by Gasteiger charge is 2.44. The van der Waals surface area contributed by atoms with Crippen molar-refractivity contribution in [2.75, 3.05) is 18.5 Å². The number of carbonyl (C=O) groups is 2. The quantitative estimate of drug-likeness (QED) is 0.105. The summed E-state index contributed by atoms with van der Waals surface area (Å²) in [4.78, 5) is 31.3. The zero-order valence-electron chi connectivity index (χ0n) is 26.9. The number of piperidine rings is 1. The van der Waals surface area contributed by atoms with Crippen LogP contribution in [0.3, 0.4) is 0 Å². The van der Waals surface area contributed by atoms with Crippen LogP contribution in [0.25, 0.3) is 0 Å². The molecule has 0 radical (unpaired) electrons. The van der Waals surface area contributed by atoms with Gasteiger partial charge in [-0.2, -0.15) is 0 Å². The Kier molecular flexibility index (Phi) is 9.78. The molecule has 6 rings (SSSR count). The van der Waals surface area contributed by atoms with E-state index < -0.39 is 30.3 Å². The summed E-state index contributed by atoms with van der Waals surface area (Å²) in [6.07, 6.45) is 0.719. The lowest BCUT2D eigenvalue weighted by Gasteiger charge is -2.36. The number of rotatable bonds is 13. The Balaban J connectivity index is 0.960. The van der Waals surface area contributed by atoms with Crippen molar-refractivity contribution in [3.05, 3.63) is 107 Å². The Morgan fingerprint density at radius 2 is 1.60 bits per heavy atom. The normalized spacial score (nSPS) is 19.4. The number of oxazole rings is 1. The first kappa shape index (κ1) is 33.2. The van der Waals surface area contributed by atoms with Gasteiger partial charge in [-0.05, 0) is 72.9 Å². The van der Waals surface area contributed by atoms with Gasteiger partial charge in [-0.15, -0.1) is 0 Å². The van der Waals surface area contributed by atoms with Gasteiger partial charge in [0.1, 0.15) is 35.9 Å². The van der Waals surface area contributed by atoms with Crippen LogP contribution in [-0.4, -0.2) is 68.7 Å². The number of imide groups is 1. The van der Waals surface area contributed by atoms with Gasteiger partial charge in [0.15, 0.2) is 6.61 Å². The summed E-state index contributed by atoms with van der Waals surface area (Å²) in [5.41, 5.74) is 3.80. The highest BCUT2D eigenvalue weighted by molar-refractivity contribution is 6.22. The molecule has 0 bridgehead atoms. The van der Waals surface area contributed by atoms with E-state index in [0.717, 1.165) is 21.8 Å². The predicted molar refractivity (Wildman–Crippen MR) is 175 cm³/mol. The molecule has 3 heterocycles. The molecule has 0 spiro atoms. The van der Waals surface area contributed by atoms with E-state index in [-0.39, 0.29) is 18.6 Å². The lowest BCUT2D eigenvalue weighted by atomic mass is 9.78. The maximum Gasteiger partial charge on any atom is 0.262 e. The average molecular weight is 657 g/mol. The molecule has 48 heavy (non-hydrogen) atoms. The molecule has 0 saturated carbocycles. The van der Waals surface area contributed by atoms with Crippen LogP contribution in [0.15, 0.2) is 77.4 Å². The zero-order valence-corrected chi connectivity index (χ0v) is 26.9. The third-order valence-corrected chi connectivity index (χ3v) is 8.91. The van der Waals surface area contributed by atoms with E-state index in [4.69, 9.17) is 19.0 Å². The molecule has 4 aromatic rings. The zero-order chi connectivity index (χ0) is 33.8. The molecule has 5 N–H and O–H groups in total. The van der Waals surface area contributed by atoms with E-state index in [9.17, 15) is 19.8 Å². The van der Waals surface area contributed by atoms with Crippen molar-refractivity contribution in [2.24, 2.45) is 0 Å². The fraction of sp³-hybridized carbons (Fsp3) is 0.361. The van der Waals surface area contributed by atoms with Crippen LogP contribution in [0.4, 0.5) is 5.69 Å². The summed E-state index contributed by atoms with van der Waals surface area (Å²) in [5, 5.41) is 35.0. The van der Waals surface area contributed by atoms with Gasteiger partial charge in [-0.3, -0.25) is 19.8 Å². The van der Waals surface area contributed by atoms with Crippen LogP contribution in [0.2, 0.25) is 0 Å². The molecule has 3 aromatic carbocycles. The molecule has 2 aliphatic rings. The fourth-order valence-corrected chi connectivity index (χ4v) is 6.05. The minimum absolute atomic E-state index is 0.175. The number of aliphatic hydroxyl groups excluding tert-OH is 3. The van der Waals surface area contributed by atoms with Gasteiger partial charge in [0, 0.05) is 17.6 Å². The van der Waals surface area contributed by atoms with E-state index in [2.05, 4.69) is 41.6 Å². The van der Waals surface area contributed by atoms with Gasteiger partial charge >= 0.3 is 0 Å². The van der Waals surface area contributed by atoms with E-state index in [1.807, 2.05) is 36.4 Å². The lowest BCUT2D eigenvalue weighted by molar-refractivity contribution is -0.0413. The second kappa shape index (κ2) is 14.2. The van der Waals surface area contributed by atoms with E-state index in [0.29, 0.717) is 66.6 Å². The van der Waals surface area contributed by atoms with Crippen LogP contribution >= 0.6 is 0 Å². The molecule has 12 heteroatoms. The highest BCUT2D eigenvalue weighted by atomic mass is 16.5. The van der Waals surface area contributed by atoms with Crippen LogP contribution < -0.4 is 20.1 Å². The van der Waals surface area contributed by atoms with Crippen LogP contribution in [-0.2, 0) is 18.6 Å². The Morgan fingerprint density at radius 1 is 0.938 bits per heavy atom. The Morgan fingerprint density at radius 3 is 2.25 bits per heavy atom. The first-order chi connectivity index (χ1) is 23.1. The van der Waals surface area contributed by atoms with Gasteiger partial charge in [0.2, 0.25) is 5.89 Å². The second-order valence-corrected chi connectivity index (χ2v) is 12.5. The minimum Gasteiger partial charge on any atom is -0.494 e. The first-order valence-corrected chi connectivity index (χ1v) is 16.0. The summed E-state index contributed by atoms with van der Waals surface area (Å²) in [6.45, 7) is 5.41. The highest BCUT2D eigenvalue weighted by Crippen LogP contribution is 2.34. The minimum atomic E-state index is -1.18. The topological polar surface area (TPSA) is 167 Å². The summed E-state index contributed by atoms with van der Waals surface area (Å²) in [5.74, 6) is 0.983. The molecule has 1 fully saturated rings. The number of nitrogens with one attached hydrogen (secondary N) is 2. The number of carbonyl (C=O) groups excluding carboxylic acids is 2. The molecule has 252 valence electrons. The molecule has 2 amide bonds. The summed E-state index contributed by atoms with van der Waals surface area (Å²) < 4.78 is 17.0. The van der Waals surface area contributed by atoms with Gasteiger partial charge in [-0.25, -0.2) is 4.98 Å². The second-order valence-electron chi connectivity index (χ2n) is 12.5. The number of hydrogen-bond acceptors (Lipinski definition) is 11. The predicted octanol–water partition coefficient (Wildman–Crippen LogP) is 3.94. The number of amides is 2. The summed E-state index contributed by atoms with van der Waals surface area (Å²) in [6, 6.07) is 20.3. The van der Waals surface area contributed by atoms with E-state index >= 15 is 0 Å². The SMILES string of the molecule is CC(C)(c1ccc(OCCCNc2ccc3c(c2)C(=O)N(C2CCC(O)NC2O)C3=O)cc1)c1ccc(OCc2nc(CO)co2)cc1. The molecule has 2 aliphatic heterocycles. The molecule has 0 aliphatic carbocycles. The van der Waals surface area contributed by atoms with Crippen molar-refractivity contribution in [3.63, 3.8) is 0 Å². The Hall–Kier alpha value is -4.75. The number of ether oxygens (including phenoxy) is 2. The number of aliphatic hydroxyl groups is 3. The van der Waals surface area contributed by atoms with Crippen LogP contribution in [0.1, 0.15) is 76.5 Å². The number of fused-ring (bicyclic) bond motifs is 1. The maximum atomic E-state index is 13.1. The average Bonchev–Trinajstić information content (AvgIpc) is 3.65. The number of hydrogen-bond donors (Lipinski definition) is 5. The van der Waals surface area contributed by atoms with Crippen molar-refractivity contribution in [1.82, 2.24) is 15.2 Å². The summed E-state index contributed by atoms with van der Waals surface area (Å²) in [7, 11) is 0. The number of benzene rings is 3. The third kappa shape index (κ3) is 7.07. The maximum absolute atomic E-state index is 13.1. The van der Waals surface area contributed by atoms with Gasteiger partial charge < -0.3 is 34.5 Å². The van der Waals surface area contributed by atoms with E-state index in [1.165, 1.54) is 6.26 Å². The van der Waals surface area contributed by atoms with Crippen molar-refractivity contribution in [3.8, 4) is 11.5 Å². The fourth-order valence-electron chi connectivity index (χ4n) is 6.05. The van der Waals surface area contributed by atoms with Crippen LogP contribution in [0, 0.1) is 0 Å². The Labute approximate surface area is 278 Å². The lowest BCUT2D eigenvalue weighted by Crippen LogP contribution is -2.58. The first-order valence-electron chi connectivity index (χ1n) is 16.0. The third-order valence-electron chi connectivity index (χ3n) is 8.91. The smallest absolute Gasteiger partial charge is 0.262 e. The standard InChI is InChI=1S/C36H40N4O8/c1-36(2,23-6-11-27(12-7-23)47-21-32-38-25(19-41)20-48-32)22-4-9-26(10-5-22)46-17-3-16-37-24-8-13-28-29(18-24)35(45)40(34(28)44)30-14-15-31(42)39-33(30)43/h4-13,18,20,30-31,33,37,39,41-43H,3,14-17,19,21H2,1-2H3. The van der Waals surface area contributed by atoms with Gasteiger partial charge in [0.05, 0.1) is 30.4 Å². The number of anilines is 1. The number of aromatic nitrogens is 1. The molecule has 1 saturated heterocycles. The van der Waals surface area contributed by atoms with Crippen molar-refractivity contribution in [2.45, 2.75) is 70.2 Å². The van der Waals surface area contributed by atoms with Gasteiger partial charge in [0.25, 0.3) is 11.8 Å². The number of nitrogens with zero attached hydrogens (tertiary/aromatic N) is 2.